The van der Waals surface area contributed by atoms with E-state index >= 15 is 0 Å². The molecule has 0 bridgehead atoms. The van der Waals surface area contributed by atoms with Crippen LogP contribution in [0, 0.1) is 0 Å². The van der Waals surface area contributed by atoms with E-state index in [-0.39, 0.29) is 6.54 Å². The first-order valence-corrected chi connectivity index (χ1v) is 11.8. The number of nitrogens with one attached hydrogen (secondary N) is 1. The summed E-state index contributed by atoms with van der Waals surface area (Å²) in [5.41, 5.74) is 1.43. The van der Waals surface area contributed by atoms with Gasteiger partial charge in [0, 0.05) is 6.54 Å². The number of halogens is 6. The SMILES string of the molecule is CC(C)(C)OC(=O)N1CCCCCC1N(NC(=O)OCC(Cl)(Cl)Cl)C(=O)OCC(Cl)(Cl)Cl. The van der Waals surface area contributed by atoms with E-state index in [2.05, 4.69) is 5.43 Å². The largest absolute Gasteiger partial charge is 0.444 e. The molecule has 0 spiro atoms. The van der Waals surface area contributed by atoms with E-state index in [9.17, 15) is 14.4 Å². The topological polar surface area (TPSA) is 97.4 Å². The van der Waals surface area contributed by atoms with Gasteiger partial charge in [0.2, 0.25) is 7.59 Å². The van der Waals surface area contributed by atoms with Crippen LogP contribution in [-0.4, -0.2) is 67.3 Å². The lowest BCUT2D eigenvalue weighted by Crippen LogP contribution is -2.60. The number of nitrogens with zero attached hydrogens (tertiary/aromatic N) is 2. The Labute approximate surface area is 216 Å². The highest BCUT2D eigenvalue weighted by molar-refractivity contribution is 6.68. The van der Waals surface area contributed by atoms with Crippen molar-refractivity contribution < 1.29 is 28.6 Å². The summed E-state index contributed by atoms with van der Waals surface area (Å²) in [6.07, 6.45) is -1.50. The lowest BCUT2D eigenvalue weighted by Gasteiger charge is -2.38. The van der Waals surface area contributed by atoms with Gasteiger partial charge in [0.05, 0.1) is 0 Å². The maximum Gasteiger partial charge on any atom is 0.430 e. The Morgan fingerprint density at radius 2 is 1.50 bits per heavy atom. The molecule has 1 fully saturated rings. The normalized spacial score (nSPS) is 17.8. The molecule has 1 atom stereocenters. The first-order chi connectivity index (χ1) is 14.5. The van der Waals surface area contributed by atoms with Gasteiger partial charge in [-0.15, -0.1) is 0 Å². The molecule has 1 heterocycles. The zero-order valence-electron chi connectivity index (χ0n) is 17.6. The fourth-order valence-corrected chi connectivity index (χ4v) is 2.95. The number of hydrazine groups is 1. The molecule has 0 aliphatic carbocycles. The molecule has 32 heavy (non-hydrogen) atoms. The number of carbonyl (C=O) groups excluding carboxylic acids is 3. The summed E-state index contributed by atoms with van der Waals surface area (Å²) in [6, 6.07) is 0. The molecule has 0 aromatic rings. The van der Waals surface area contributed by atoms with Gasteiger partial charge >= 0.3 is 18.3 Å². The van der Waals surface area contributed by atoms with Gasteiger partial charge in [-0.1, -0.05) is 76.0 Å². The van der Waals surface area contributed by atoms with Crippen LogP contribution in [0.2, 0.25) is 0 Å². The standard InChI is InChI=1S/C17H25Cl6N3O6/c1-15(2,3)32-13(28)25-8-6-4-5-7-11(25)26(14(29)31-10-17(21,22)23)24-12(27)30-9-16(18,19)20/h11H,4-10H2,1-3H3,(H,24,27). The van der Waals surface area contributed by atoms with E-state index in [0.29, 0.717) is 19.3 Å². The van der Waals surface area contributed by atoms with Gasteiger partial charge in [0.15, 0.2) is 0 Å². The summed E-state index contributed by atoms with van der Waals surface area (Å²) in [6.45, 7) is 4.17. The van der Waals surface area contributed by atoms with Crippen molar-refractivity contribution in [2.45, 2.75) is 65.8 Å². The van der Waals surface area contributed by atoms with Crippen LogP contribution in [-0.2, 0) is 14.2 Å². The lowest BCUT2D eigenvalue weighted by atomic mass is 10.2. The predicted molar refractivity (Wildman–Crippen MR) is 123 cm³/mol. The van der Waals surface area contributed by atoms with Gasteiger partial charge in [-0.3, -0.25) is 4.90 Å². The van der Waals surface area contributed by atoms with E-state index in [1.54, 1.807) is 20.8 Å². The summed E-state index contributed by atoms with van der Waals surface area (Å²) in [4.78, 5) is 39.2. The molecule has 0 aromatic heterocycles. The molecule has 186 valence electrons. The molecule has 1 aliphatic rings. The first kappa shape index (κ1) is 29.6. The Hall–Kier alpha value is -0.450. The molecule has 1 aliphatic heterocycles. The van der Waals surface area contributed by atoms with Crippen LogP contribution in [0.15, 0.2) is 0 Å². The minimum Gasteiger partial charge on any atom is -0.444 e. The Morgan fingerprint density at radius 1 is 0.938 bits per heavy atom. The lowest BCUT2D eigenvalue weighted by molar-refractivity contribution is -0.0249. The Morgan fingerprint density at radius 3 is 2.03 bits per heavy atom. The molecule has 3 amide bonds. The average Bonchev–Trinajstić information content (AvgIpc) is 2.86. The molecule has 0 saturated carbocycles. The highest BCUT2D eigenvalue weighted by Crippen LogP contribution is 2.28. The number of rotatable bonds is 3. The van der Waals surface area contributed by atoms with Crippen molar-refractivity contribution in [2.75, 3.05) is 19.8 Å². The molecular weight excluding hydrogens is 555 g/mol. The van der Waals surface area contributed by atoms with E-state index in [4.69, 9.17) is 83.8 Å². The fourth-order valence-electron chi connectivity index (χ4n) is 2.63. The van der Waals surface area contributed by atoms with Crippen molar-refractivity contribution in [3.8, 4) is 0 Å². The van der Waals surface area contributed by atoms with Crippen molar-refractivity contribution in [3.63, 3.8) is 0 Å². The molecule has 1 N–H and O–H groups in total. The van der Waals surface area contributed by atoms with Crippen LogP contribution in [0.4, 0.5) is 14.4 Å². The second kappa shape index (κ2) is 12.3. The highest BCUT2D eigenvalue weighted by atomic mass is 35.6. The third-order valence-electron chi connectivity index (χ3n) is 3.78. The van der Waals surface area contributed by atoms with Crippen molar-refractivity contribution in [3.05, 3.63) is 0 Å². The zero-order chi connectivity index (χ0) is 24.7. The maximum absolute atomic E-state index is 12.8. The van der Waals surface area contributed by atoms with Gasteiger partial charge in [0.25, 0.3) is 0 Å². The number of amides is 3. The third kappa shape index (κ3) is 12.1. The average molecular weight is 580 g/mol. The van der Waals surface area contributed by atoms with Gasteiger partial charge in [-0.05, 0) is 40.0 Å². The third-order valence-corrected chi connectivity index (χ3v) is 4.44. The summed E-state index contributed by atoms with van der Waals surface area (Å²) in [5, 5.41) is 0.770. The minimum absolute atomic E-state index is 0.263. The van der Waals surface area contributed by atoms with Gasteiger partial charge < -0.3 is 14.2 Å². The minimum atomic E-state index is -1.90. The number of hydrogen-bond donors (Lipinski definition) is 1. The van der Waals surface area contributed by atoms with Crippen molar-refractivity contribution >= 4 is 87.9 Å². The van der Waals surface area contributed by atoms with Crippen LogP contribution >= 0.6 is 69.6 Å². The quantitative estimate of drug-likeness (QED) is 0.252. The van der Waals surface area contributed by atoms with E-state index in [1.165, 1.54) is 4.90 Å². The fraction of sp³-hybridized carbons (Fsp3) is 0.824. The number of likely N-dealkylation sites (tertiary alicyclic amines) is 1. The molecule has 1 unspecified atom stereocenters. The second-order valence-electron chi connectivity index (χ2n) is 7.85. The molecular formula is C17H25Cl6N3O6. The van der Waals surface area contributed by atoms with E-state index in [0.717, 1.165) is 11.4 Å². The van der Waals surface area contributed by atoms with E-state index < -0.39 is 50.8 Å². The summed E-state index contributed by atoms with van der Waals surface area (Å²) in [5.74, 6) is 0. The molecule has 9 nitrogen and oxygen atoms in total. The molecule has 0 radical (unpaired) electrons. The summed E-state index contributed by atoms with van der Waals surface area (Å²) >= 11 is 33.7. The number of ether oxygens (including phenoxy) is 3. The van der Waals surface area contributed by atoms with Crippen LogP contribution in [0.25, 0.3) is 0 Å². The monoisotopic (exact) mass is 577 g/mol. The van der Waals surface area contributed by atoms with Crippen LogP contribution in [0.1, 0.15) is 46.5 Å². The van der Waals surface area contributed by atoms with Crippen LogP contribution in [0.3, 0.4) is 0 Å². The Bertz CT molecular complexity index is 665. The van der Waals surface area contributed by atoms with Gasteiger partial charge in [-0.2, -0.15) is 5.01 Å². The van der Waals surface area contributed by atoms with Crippen LogP contribution in [0.5, 0.6) is 0 Å². The molecule has 1 rings (SSSR count). The Balaban J connectivity index is 3.14. The maximum atomic E-state index is 12.8. The smallest absolute Gasteiger partial charge is 0.430 e. The second-order valence-corrected chi connectivity index (χ2v) is 12.9. The number of alkyl halides is 6. The molecule has 0 aromatic carbocycles. The predicted octanol–water partition coefficient (Wildman–Crippen LogP) is 5.94. The number of carbonyl (C=O) groups is 3. The Kier molecular flexibility index (Phi) is 11.4. The van der Waals surface area contributed by atoms with Gasteiger partial charge in [0.1, 0.15) is 25.0 Å². The van der Waals surface area contributed by atoms with Crippen molar-refractivity contribution in [2.24, 2.45) is 0 Å². The van der Waals surface area contributed by atoms with Crippen LogP contribution < -0.4 is 5.43 Å². The van der Waals surface area contributed by atoms with Gasteiger partial charge in [-0.25, -0.2) is 19.8 Å². The van der Waals surface area contributed by atoms with E-state index in [1.807, 2.05) is 0 Å². The molecule has 15 heteroatoms. The summed E-state index contributed by atoms with van der Waals surface area (Å²) < 4.78 is 11.5. The zero-order valence-corrected chi connectivity index (χ0v) is 22.2. The van der Waals surface area contributed by atoms with Crippen molar-refractivity contribution in [1.82, 2.24) is 15.3 Å². The molecule has 1 saturated heterocycles. The highest BCUT2D eigenvalue weighted by Gasteiger charge is 2.38. The summed E-state index contributed by atoms with van der Waals surface area (Å²) in [7, 11) is 0. The number of hydrogen-bond acceptors (Lipinski definition) is 6. The van der Waals surface area contributed by atoms with Crippen molar-refractivity contribution in [1.29, 1.82) is 0 Å². The first-order valence-electron chi connectivity index (χ1n) is 9.51.